The molecule has 0 saturated heterocycles. The Bertz CT molecular complexity index is 324. The summed E-state index contributed by atoms with van der Waals surface area (Å²) < 4.78 is 5.73. The Balaban J connectivity index is 2.47. The Kier molecular flexibility index (Phi) is 5.29. The van der Waals surface area contributed by atoms with E-state index in [-0.39, 0.29) is 0 Å². The average molecular weight is 222 g/mol. The van der Waals surface area contributed by atoms with Gasteiger partial charge in [0.25, 0.3) is 0 Å². The molecule has 16 heavy (non-hydrogen) atoms. The van der Waals surface area contributed by atoms with Crippen LogP contribution >= 0.6 is 0 Å². The van der Waals surface area contributed by atoms with Crippen LogP contribution in [0.1, 0.15) is 17.5 Å². The van der Waals surface area contributed by atoms with E-state index in [2.05, 4.69) is 38.1 Å². The van der Waals surface area contributed by atoms with Crippen molar-refractivity contribution < 1.29 is 4.74 Å². The summed E-state index contributed by atoms with van der Waals surface area (Å²) in [7, 11) is 4.13. The maximum Gasteiger partial charge on any atom is 0.123 e. The number of nitrogens with two attached hydrogens (primary N) is 1. The zero-order valence-electron chi connectivity index (χ0n) is 10.5. The molecule has 0 amide bonds. The fourth-order valence-electron chi connectivity index (χ4n) is 1.57. The van der Waals surface area contributed by atoms with Gasteiger partial charge in [-0.25, -0.2) is 0 Å². The van der Waals surface area contributed by atoms with Crippen LogP contribution in [0.15, 0.2) is 18.2 Å². The zero-order valence-corrected chi connectivity index (χ0v) is 10.5. The monoisotopic (exact) mass is 222 g/mol. The van der Waals surface area contributed by atoms with E-state index in [0.29, 0.717) is 6.54 Å². The van der Waals surface area contributed by atoms with Crippen LogP contribution in [0.25, 0.3) is 0 Å². The van der Waals surface area contributed by atoms with E-state index in [1.54, 1.807) is 0 Å². The molecule has 0 aliphatic carbocycles. The molecule has 0 atom stereocenters. The molecule has 1 rings (SSSR count). The first-order valence-corrected chi connectivity index (χ1v) is 5.70. The number of aryl methyl sites for hydroxylation is 1. The van der Waals surface area contributed by atoms with Gasteiger partial charge in [0.2, 0.25) is 0 Å². The average Bonchev–Trinajstić information content (AvgIpc) is 2.25. The van der Waals surface area contributed by atoms with Gasteiger partial charge in [0, 0.05) is 18.7 Å². The maximum atomic E-state index is 5.73. The number of rotatable bonds is 6. The molecule has 0 fully saturated rings. The highest BCUT2D eigenvalue weighted by Crippen LogP contribution is 2.19. The lowest BCUT2D eigenvalue weighted by atomic mass is 10.1. The molecule has 3 heteroatoms. The fourth-order valence-corrected chi connectivity index (χ4v) is 1.57. The van der Waals surface area contributed by atoms with Gasteiger partial charge in [-0.2, -0.15) is 0 Å². The number of hydrogen-bond donors (Lipinski definition) is 1. The molecule has 1 aromatic carbocycles. The highest BCUT2D eigenvalue weighted by molar-refractivity contribution is 5.36. The Morgan fingerprint density at radius 1 is 1.31 bits per heavy atom. The molecule has 0 aliphatic heterocycles. The molecule has 0 unspecified atom stereocenters. The fraction of sp³-hybridized carbons (Fsp3) is 0.538. The van der Waals surface area contributed by atoms with E-state index in [1.165, 1.54) is 5.56 Å². The van der Waals surface area contributed by atoms with Gasteiger partial charge in [0.15, 0.2) is 0 Å². The van der Waals surface area contributed by atoms with Gasteiger partial charge in [-0.1, -0.05) is 17.7 Å². The molecule has 0 bridgehead atoms. The minimum atomic E-state index is 0.532. The highest BCUT2D eigenvalue weighted by Gasteiger charge is 2.02. The quantitative estimate of drug-likeness (QED) is 0.746. The van der Waals surface area contributed by atoms with Crippen LogP contribution < -0.4 is 10.5 Å². The molecule has 0 spiro atoms. The van der Waals surface area contributed by atoms with Crippen molar-refractivity contribution in [3.8, 4) is 5.75 Å². The van der Waals surface area contributed by atoms with E-state index in [4.69, 9.17) is 10.5 Å². The van der Waals surface area contributed by atoms with Crippen molar-refractivity contribution >= 4 is 0 Å². The third-order valence-electron chi connectivity index (χ3n) is 2.44. The number of benzene rings is 1. The Labute approximate surface area is 98.2 Å². The van der Waals surface area contributed by atoms with E-state index in [1.807, 2.05) is 6.07 Å². The van der Waals surface area contributed by atoms with Crippen LogP contribution in [0, 0.1) is 6.92 Å². The molecule has 90 valence electrons. The van der Waals surface area contributed by atoms with Crippen LogP contribution in [0.2, 0.25) is 0 Å². The summed E-state index contributed by atoms with van der Waals surface area (Å²) in [6.07, 6.45) is 1.03. The Morgan fingerprint density at radius 2 is 2.06 bits per heavy atom. The summed E-state index contributed by atoms with van der Waals surface area (Å²) in [6, 6.07) is 6.15. The maximum absolute atomic E-state index is 5.73. The van der Waals surface area contributed by atoms with Gasteiger partial charge in [0.1, 0.15) is 5.75 Å². The predicted octanol–water partition coefficient (Wildman–Crippen LogP) is 1.78. The normalized spacial score (nSPS) is 10.8. The highest BCUT2D eigenvalue weighted by atomic mass is 16.5. The van der Waals surface area contributed by atoms with Crippen LogP contribution in [-0.4, -0.2) is 32.1 Å². The molecule has 0 heterocycles. The Morgan fingerprint density at radius 3 is 2.69 bits per heavy atom. The molecule has 0 radical (unpaired) electrons. The summed E-state index contributed by atoms with van der Waals surface area (Å²) in [5, 5.41) is 0. The third-order valence-corrected chi connectivity index (χ3v) is 2.44. The van der Waals surface area contributed by atoms with E-state index in [0.717, 1.165) is 30.9 Å². The van der Waals surface area contributed by atoms with E-state index in [9.17, 15) is 0 Å². The van der Waals surface area contributed by atoms with Crippen molar-refractivity contribution in [2.45, 2.75) is 19.9 Å². The standard InChI is InChI=1S/C13H22N2O/c1-11-5-6-13(12(9-11)10-14)16-8-4-7-15(2)3/h5-6,9H,4,7-8,10,14H2,1-3H3. The van der Waals surface area contributed by atoms with Gasteiger partial charge >= 0.3 is 0 Å². The lowest BCUT2D eigenvalue weighted by molar-refractivity contribution is 0.279. The second kappa shape index (κ2) is 6.51. The van der Waals surface area contributed by atoms with Crippen molar-refractivity contribution in [3.05, 3.63) is 29.3 Å². The Hall–Kier alpha value is -1.06. The first-order valence-electron chi connectivity index (χ1n) is 5.70. The summed E-state index contributed by atoms with van der Waals surface area (Å²) in [5.74, 6) is 0.923. The van der Waals surface area contributed by atoms with Crippen LogP contribution in [0.3, 0.4) is 0 Å². The SMILES string of the molecule is Cc1ccc(OCCCN(C)C)c(CN)c1. The molecular formula is C13H22N2O. The smallest absolute Gasteiger partial charge is 0.123 e. The van der Waals surface area contributed by atoms with Gasteiger partial charge in [-0.3, -0.25) is 0 Å². The van der Waals surface area contributed by atoms with Gasteiger partial charge < -0.3 is 15.4 Å². The van der Waals surface area contributed by atoms with Crippen LogP contribution in [0.4, 0.5) is 0 Å². The second-order valence-electron chi connectivity index (χ2n) is 4.32. The van der Waals surface area contributed by atoms with Crippen molar-refractivity contribution in [2.24, 2.45) is 5.73 Å². The minimum absolute atomic E-state index is 0.532. The van der Waals surface area contributed by atoms with Crippen molar-refractivity contribution in [3.63, 3.8) is 0 Å². The molecule has 2 N–H and O–H groups in total. The summed E-state index contributed by atoms with van der Waals surface area (Å²) in [6.45, 7) is 4.39. The number of nitrogens with zero attached hydrogens (tertiary/aromatic N) is 1. The van der Waals surface area contributed by atoms with Crippen LogP contribution in [-0.2, 0) is 6.54 Å². The van der Waals surface area contributed by atoms with Gasteiger partial charge in [-0.05, 0) is 33.5 Å². The molecule has 0 saturated carbocycles. The lowest BCUT2D eigenvalue weighted by Gasteiger charge is -2.13. The second-order valence-corrected chi connectivity index (χ2v) is 4.32. The number of hydrogen-bond acceptors (Lipinski definition) is 3. The molecule has 1 aromatic rings. The number of ether oxygens (including phenoxy) is 1. The van der Waals surface area contributed by atoms with E-state index < -0.39 is 0 Å². The summed E-state index contributed by atoms with van der Waals surface area (Å²) in [4.78, 5) is 2.16. The largest absolute Gasteiger partial charge is 0.493 e. The first kappa shape index (κ1) is 13.0. The third kappa shape index (κ3) is 4.21. The molecule has 3 nitrogen and oxygen atoms in total. The molecule has 0 aromatic heterocycles. The summed E-state index contributed by atoms with van der Waals surface area (Å²) >= 11 is 0. The molecular weight excluding hydrogens is 200 g/mol. The minimum Gasteiger partial charge on any atom is -0.493 e. The molecule has 0 aliphatic rings. The van der Waals surface area contributed by atoms with Crippen molar-refractivity contribution in [1.82, 2.24) is 4.90 Å². The zero-order chi connectivity index (χ0) is 12.0. The van der Waals surface area contributed by atoms with Crippen molar-refractivity contribution in [2.75, 3.05) is 27.2 Å². The lowest BCUT2D eigenvalue weighted by Crippen LogP contribution is -2.16. The topological polar surface area (TPSA) is 38.5 Å². The van der Waals surface area contributed by atoms with Crippen molar-refractivity contribution in [1.29, 1.82) is 0 Å². The predicted molar refractivity (Wildman–Crippen MR) is 67.7 cm³/mol. The van der Waals surface area contributed by atoms with Gasteiger partial charge in [0.05, 0.1) is 6.61 Å². The van der Waals surface area contributed by atoms with Crippen LogP contribution in [0.5, 0.6) is 5.75 Å². The van der Waals surface area contributed by atoms with Gasteiger partial charge in [-0.15, -0.1) is 0 Å². The van der Waals surface area contributed by atoms with E-state index >= 15 is 0 Å². The first-order chi connectivity index (χ1) is 7.63. The summed E-state index contributed by atoms with van der Waals surface area (Å²) in [5.41, 5.74) is 7.99.